The fraction of sp³-hybridized carbons (Fsp3) is 0.909. The van der Waals surface area contributed by atoms with Gasteiger partial charge in [-0.25, -0.2) is 0 Å². The van der Waals surface area contributed by atoms with Crippen LogP contribution < -0.4 is 0 Å². The van der Waals surface area contributed by atoms with E-state index in [2.05, 4.69) is 13.8 Å². The van der Waals surface area contributed by atoms with Crippen LogP contribution in [-0.2, 0) is 14.3 Å². The topological polar surface area (TPSA) is 63.6 Å². The van der Waals surface area contributed by atoms with Crippen molar-refractivity contribution in [2.45, 2.75) is 111 Å². The molecule has 0 aromatic rings. The predicted octanol–water partition coefficient (Wildman–Crippen LogP) is 6.37. The molecule has 4 heteroatoms. The zero-order valence-corrected chi connectivity index (χ0v) is 17.4. The highest BCUT2D eigenvalue weighted by molar-refractivity contribution is 5.71. The molecule has 0 radical (unpaired) electrons. The monoisotopic (exact) mass is 370 g/mol. The summed E-state index contributed by atoms with van der Waals surface area (Å²) in [4.78, 5) is 22.6. The first-order valence-electron chi connectivity index (χ1n) is 10.9. The van der Waals surface area contributed by atoms with Crippen LogP contribution in [0, 0.1) is 11.8 Å². The Hall–Kier alpha value is -1.06. The lowest BCUT2D eigenvalue weighted by Gasteiger charge is -2.13. The highest BCUT2D eigenvalue weighted by atomic mass is 16.5. The molecule has 0 aliphatic rings. The summed E-state index contributed by atoms with van der Waals surface area (Å²) >= 11 is 0. The molecule has 0 aromatic heterocycles. The normalized spacial score (nSPS) is 13.3. The second-order valence-electron chi connectivity index (χ2n) is 7.53. The summed E-state index contributed by atoms with van der Waals surface area (Å²) < 4.78 is 5.24. The molecular weight excluding hydrogens is 328 g/mol. The third-order valence-corrected chi connectivity index (χ3v) is 5.34. The Bertz CT molecular complexity index is 354. The molecule has 0 rings (SSSR count). The number of carbonyl (C=O) groups excluding carboxylic acids is 1. The number of hydrogen-bond donors (Lipinski definition) is 1. The van der Waals surface area contributed by atoms with Crippen molar-refractivity contribution in [2.75, 3.05) is 6.61 Å². The quantitative estimate of drug-likeness (QED) is 0.225. The van der Waals surface area contributed by atoms with Gasteiger partial charge in [0.2, 0.25) is 0 Å². The Morgan fingerprint density at radius 3 is 2.08 bits per heavy atom. The molecule has 0 aliphatic heterocycles. The number of carboxylic acid groups (broad SMARTS) is 1. The first kappa shape index (κ1) is 24.9. The second kappa shape index (κ2) is 17.4. The summed E-state index contributed by atoms with van der Waals surface area (Å²) in [7, 11) is 0. The maximum Gasteiger partial charge on any atom is 0.306 e. The zero-order chi connectivity index (χ0) is 19.6. The zero-order valence-electron chi connectivity index (χ0n) is 17.4. The van der Waals surface area contributed by atoms with Gasteiger partial charge < -0.3 is 9.84 Å². The molecule has 0 heterocycles. The lowest BCUT2D eigenvalue weighted by atomic mass is 9.93. The summed E-state index contributed by atoms with van der Waals surface area (Å²) in [6.07, 6.45) is 14.7. The molecule has 0 saturated carbocycles. The van der Waals surface area contributed by atoms with Crippen LogP contribution in [0.15, 0.2) is 0 Å². The van der Waals surface area contributed by atoms with Gasteiger partial charge >= 0.3 is 11.9 Å². The van der Waals surface area contributed by atoms with Crippen molar-refractivity contribution in [2.24, 2.45) is 11.8 Å². The molecule has 0 bridgehead atoms. The molecule has 0 saturated heterocycles. The van der Waals surface area contributed by atoms with E-state index in [1.807, 2.05) is 6.92 Å². The van der Waals surface area contributed by atoms with Crippen LogP contribution in [-0.4, -0.2) is 23.7 Å². The van der Waals surface area contributed by atoms with Crippen molar-refractivity contribution in [3.05, 3.63) is 0 Å². The van der Waals surface area contributed by atoms with Gasteiger partial charge in [-0.3, -0.25) is 9.59 Å². The highest BCUT2D eigenvalue weighted by Gasteiger charge is 2.15. The second-order valence-corrected chi connectivity index (χ2v) is 7.53. The van der Waals surface area contributed by atoms with Crippen LogP contribution in [0.25, 0.3) is 0 Å². The molecule has 2 unspecified atom stereocenters. The van der Waals surface area contributed by atoms with Gasteiger partial charge in [0.05, 0.1) is 12.5 Å². The van der Waals surface area contributed by atoms with Crippen molar-refractivity contribution in [1.82, 2.24) is 0 Å². The van der Waals surface area contributed by atoms with Crippen LogP contribution in [0.5, 0.6) is 0 Å². The predicted molar refractivity (Wildman–Crippen MR) is 107 cm³/mol. The van der Waals surface area contributed by atoms with Gasteiger partial charge in [0.15, 0.2) is 0 Å². The molecule has 0 aromatic carbocycles. The van der Waals surface area contributed by atoms with Gasteiger partial charge in [-0.1, -0.05) is 78.6 Å². The number of carbonyl (C=O) groups is 2. The SMILES string of the molecule is CCCCC(CC)CCCCCCCOC(=O)CCCC(CC)C(=O)O. The van der Waals surface area contributed by atoms with E-state index in [4.69, 9.17) is 9.84 Å². The van der Waals surface area contributed by atoms with Crippen LogP contribution in [0.2, 0.25) is 0 Å². The third kappa shape index (κ3) is 14.1. The third-order valence-electron chi connectivity index (χ3n) is 5.34. The number of esters is 1. The first-order chi connectivity index (χ1) is 12.5. The summed E-state index contributed by atoms with van der Waals surface area (Å²) in [5, 5.41) is 8.97. The molecular formula is C22H42O4. The molecule has 4 nitrogen and oxygen atoms in total. The smallest absolute Gasteiger partial charge is 0.306 e. The number of rotatable bonds is 18. The van der Waals surface area contributed by atoms with Gasteiger partial charge in [0.1, 0.15) is 0 Å². The van der Waals surface area contributed by atoms with Crippen molar-refractivity contribution < 1.29 is 19.4 Å². The Kier molecular flexibility index (Phi) is 16.7. The minimum absolute atomic E-state index is 0.188. The van der Waals surface area contributed by atoms with E-state index < -0.39 is 5.97 Å². The molecule has 1 N–H and O–H groups in total. The van der Waals surface area contributed by atoms with Crippen LogP contribution in [0.1, 0.15) is 111 Å². The van der Waals surface area contributed by atoms with E-state index in [9.17, 15) is 9.59 Å². The van der Waals surface area contributed by atoms with E-state index in [0.717, 1.165) is 18.8 Å². The number of aliphatic carboxylic acids is 1. The maximum atomic E-state index is 11.6. The van der Waals surface area contributed by atoms with E-state index in [1.54, 1.807) is 0 Å². The minimum atomic E-state index is -0.767. The van der Waals surface area contributed by atoms with E-state index in [1.165, 1.54) is 51.4 Å². The summed E-state index contributed by atoms with van der Waals surface area (Å²) in [6, 6.07) is 0. The molecule has 0 fully saturated rings. The van der Waals surface area contributed by atoms with Gasteiger partial charge in [-0.2, -0.15) is 0 Å². The lowest BCUT2D eigenvalue weighted by Crippen LogP contribution is -2.13. The molecule has 2 atom stereocenters. The Morgan fingerprint density at radius 2 is 1.46 bits per heavy atom. The number of ether oxygens (including phenoxy) is 1. The average Bonchev–Trinajstić information content (AvgIpc) is 2.63. The number of hydrogen-bond acceptors (Lipinski definition) is 3. The molecule has 0 aliphatic carbocycles. The maximum absolute atomic E-state index is 11.6. The highest BCUT2D eigenvalue weighted by Crippen LogP contribution is 2.20. The Morgan fingerprint density at radius 1 is 0.808 bits per heavy atom. The van der Waals surface area contributed by atoms with E-state index in [-0.39, 0.29) is 11.9 Å². The fourth-order valence-electron chi connectivity index (χ4n) is 3.36. The fourth-order valence-corrected chi connectivity index (χ4v) is 3.36. The lowest BCUT2D eigenvalue weighted by molar-refractivity contribution is -0.145. The van der Waals surface area contributed by atoms with Crippen LogP contribution in [0.3, 0.4) is 0 Å². The molecule has 0 amide bonds. The van der Waals surface area contributed by atoms with E-state index >= 15 is 0 Å². The summed E-state index contributed by atoms with van der Waals surface area (Å²) in [5.41, 5.74) is 0. The molecule has 154 valence electrons. The average molecular weight is 371 g/mol. The van der Waals surface area contributed by atoms with Crippen molar-refractivity contribution in [3.63, 3.8) is 0 Å². The Labute approximate surface area is 161 Å². The first-order valence-corrected chi connectivity index (χ1v) is 10.9. The van der Waals surface area contributed by atoms with Crippen LogP contribution >= 0.6 is 0 Å². The largest absolute Gasteiger partial charge is 0.481 e. The van der Waals surface area contributed by atoms with Gasteiger partial charge in [0.25, 0.3) is 0 Å². The van der Waals surface area contributed by atoms with Gasteiger partial charge in [-0.15, -0.1) is 0 Å². The van der Waals surface area contributed by atoms with Crippen LogP contribution in [0.4, 0.5) is 0 Å². The number of unbranched alkanes of at least 4 members (excludes halogenated alkanes) is 5. The molecule has 26 heavy (non-hydrogen) atoms. The van der Waals surface area contributed by atoms with Crippen molar-refractivity contribution in [3.8, 4) is 0 Å². The van der Waals surface area contributed by atoms with Crippen molar-refractivity contribution >= 4 is 11.9 Å². The van der Waals surface area contributed by atoms with Crippen molar-refractivity contribution in [1.29, 1.82) is 0 Å². The van der Waals surface area contributed by atoms with Gasteiger partial charge in [0, 0.05) is 6.42 Å². The minimum Gasteiger partial charge on any atom is -0.481 e. The number of carboxylic acids is 1. The summed E-state index contributed by atoms with van der Waals surface area (Å²) in [6.45, 7) is 6.93. The Balaban J connectivity index is 3.49. The van der Waals surface area contributed by atoms with Gasteiger partial charge in [-0.05, 0) is 31.6 Å². The molecule has 0 spiro atoms. The van der Waals surface area contributed by atoms with E-state index in [0.29, 0.717) is 32.3 Å². The standard InChI is InChI=1S/C22H42O4/c1-4-7-14-19(5-2)15-11-9-8-10-12-18-26-21(23)17-13-16-20(6-3)22(24)25/h19-20H,4-18H2,1-3H3,(H,24,25). The summed E-state index contributed by atoms with van der Waals surface area (Å²) in [5.74, 6) is -0.384.